The molecule has 1 saturated heterocycles. The van der Waals surface area contributed by atoms with E-state index in [1.54, 1.807) is 30.3 Å². The summed E-state index contributed by atoms with van der Waals surface area (Å²) in [5.41, 5.74) is 1.94. The quantitative estimate of drug-likeness (QED) is 0.419. The molecule has 2 heterocycles. The fourth-order valence-corrected chi connectivity index (χ4v) is 5.12. The minimum Gasteiger partial charge on any atom is -0.376 e. The number of non-ortho nitro benzene ring substituents is 1. The van der Waals surface area contributed by atoms with Crippen LogP contribution in [0.4, 0.5) is 11.4 Å². The monoisotopic (exact) mass is 457 g/mol. The summed E-state index contributed by atoms with van der Waals surface area (Å²) in [5.74, 6) is 0.513. The van der Waals surface area contributed by atoms with Gasteiger partial charge in [-0.1, -0.05) is 29.8 Å². The Morgan fingerprint density at radius 1 is 1.16 bits per heavy atom. The van der Waals surface area contributed by atoms with Crippen LogP contribution in [0.1, 0.15) is 30.7 Å². The Labute approximate surface area is 185 Å². The Morgan fingerprint density at radius 2 is 1.94 bits per heavy atom. The molecular formula is C21H23N5O5S. The Balaban J connectivity index is 1.49. The molecule has 3 aromatic rings. The molecule has 0 aliphatic carbocycles. The first-order chi connectivity index (χ1) is 15.3. The lowest BCUT2D eigenvalue weighted by Gasteiger charge is -2.26. The number of hydrogen-bond acceptors (Lipinski definition) is 8. The number of nitro benzene ring substituents is 1. The molecule has 168 valence electrons. The van der Waals surface area contributed by atoms with Crippen LogP contribution in [-0.2, 0) is 16.6 Å². The lowest BCUT2D eigenvalue weighted by Crippen LogP contribution is -2.35. The number of nitrogens with zero attached hydrogens (tertiary/aromatic N) is 4. The highest BCUT2D eigenvalue weighted by molar-refractivity contribution is 7.89. The van der Waals surface area contributed by atoms with Crippen molar-refractivity contribution < 1.29 is 17.9 Å². The van der Waals surface area contributed by atoms with Crippen LogP contribution < -0.4 is 5.32 Å². The number of nitrogens with one attached hydrogen (secondary N) is 1. The third-order valence-corrected chi connectivity index (χ3v) is 7.27. The molecule has 32 heavy (non-hydrogen) atoms. The van der Waals surface area contributed by atoms with Gasteiger partial charge < -0.3 is 9.84 Å². The predicted octanol–water partition coefficient (Wildman–Crippen LogP) is 3.74. The van der Waals surface area contributed by atoms with E-state index in [0.29, 0.717) is 24.3 Å². The summed E-state index contributed by atoms with van der Waals surface area (Å²) in [4.78, 5) is 15.0. The standard InChI is InChI=1S/C21H23N5O5S/c1-15-8-9-18(32(29,30)25-10-3-2-4-11-25)13-19(15)22-14-20-23-21(24-31-20)16-6-5-7-17(12-16)26(27)28/h5-9,12-13,22H,2-4,10-11,14H2,1H3. The van der Waals surface area contributed by atoms with Gasteiger partial charge in [0.1, 0.15) is 0 Å². The van der Waals surface area contributed by atoms with Crippen LogP contribution in [0.2, 0.25) is 0 Å². The second-order valence-electron chi connectivity index (χ2n) is 7.61. The van der Waals surface area contributed by atoms with Crippen molar-refractivity contribution in [2.75, 3.05) is 18.4 Å². The molecule has 0 unspecified atom stereocenters. The van der Waals surface area contributed by atoms with Crippen molar-refractivity contribution in [1.82, 2.24) is 14.4 Å². The third kappa shape index (κ3) is 4.63. The summed E-state index contributed by atoms with van der Waals surface area (Å²) in [6, 6.07) is 11.0. The second kappa shape index (κ2) is 9.05. The van der Waals surface area contributed by atoms with Gasteiger partial charge in [-0.05, 0) is 37.5 Å². The van der Waals surface area contributed by atoms with Gasteiger partial charge in [0.2, 0.25) is 21.7 Å². The average Bonchev–Trinajstić information content (AvgIpc) is 3.28. The molecule has 1 aromatic heterocycles. The maximum absolute atomic E-state index is 13.0. The number of benzene rings is 2. The normalized spacial score (nSPS) is 14.9. The van der Waals surface area contributed by atoms with Crippen molar-refractivity contribution in [2.45, 2.75) is 37.6 Å². The second-order valence-corrected chi connectivity index (χ2v) is 9.55. The zero-order chi connectivity index (χ0) is 22.7. The summed E-state index contributed by atoms with van der Waals surface area (Å²) in [5, 5.41) is 18.0. The summed E-state index contributed by atoms with van der Waals surface area (Å²) in [7, 11) is -3.54. The zero-order valence-corrected chi connectivity index (χ0v) is 18.3. The van der Waals surface area contributed by atoms with Crippen LogP contribution in [0, 0.1) is 17.0 Å². The van der Waals surface area contributed by atoms with Crippen LogP contribution >= 0.6 is 0 Å². The molecule has 0 bridgehead atoms. The lowest BCUT2D eigenvalue weighted by molar-refractivity contribution is -0.384. The Kier molecular flexibility index (Phi) is 6.19. The topological polar surface area (TPSA) is 131 Å². The molecular weight excluding hydrogens is 434 g/mol. The summed E-state index contributed by atoms with van der Waals surface area (Å²) in [6.07, 6.45) is 2.80. The van der Waals surface area contributed by atoms with Gasteiger partial charge >= 0.3 is 0 Å². The molecule has 1 N–H and O–H groups in total. The minimum atomic E-state index is -3.54. The summed E-state index contributed by atoms with van der Waals surface area (Å²) in [6.45, 7) is 3.14. The maximum Gasteiger partial charge on any atom is 0.270 e. The molecule has 0 amide bonds. The van der Waals surface area contributed by atoms with E-state index in [1.807, 2.05) is 6.92 Å². The van der Waals surface area contributed by atoms with Crippen molar-refractivity contribution in [3.63, 3.8) is 0 Å². The van der Waals surface area contributed by atoms with E-state index in [2.05, 4.69) is 15.5 Å². The zero-order valence-electron chi connectivity index (χ0n) is 17.5. The van der Waals surface area contributed by atoms with Gasteiger partial charge in [-0.15, -0.1) is 0 Å². The molecule has 0 radical (unpaired) electrons. The van der Waals surface area contributed by atoms with Crippen LogP contribution in [0.15, 0.2) is 51.9 Å². The highest BCUT2D eigenvalue weighted by Crippen LogP contribution is 2.26. The molecule has 0 atom stereocenters. The highest BCUT2D eigenvalue weighted by Gasteiger charge is 2.26. The largest absolute Gasteiger partial charge is 0.376 e. The first kappa shape index (κ1) is 21.9. The lowest BCUT2D eigenvalue weighted by atomic mass is 10.2. The summed E-state index contributed by atoms with van der Waals surface area (Å²) < 4.78 is 32.7. The summed E-state index contributed by atoms with van der Waals surface area (Å²) >= 11 is 0. The van der Waals surface area contributed by atoms with Gasteiger partial charge in [-0.2, -0.15) is 9.29 Å². The van der Waals surface area contributed by atoms with Gasteiger partial charge in [0, 0.05) is 36.5 Å². The number of aryl methyl sites for hydroxylation is 1. The fourth-order valence-electron chi connectivity index (χ4n) is 3.58. The molecule has 11 heteroatoms. The van der Waals surface area contributed by atoms with E-state index >= 15 is 0 Å². The minimum absolute atomic E-state index is 0.0608. The molecule has 1 aliphatic rings. The van der Waals surface area contributed by atoms with Crippen LogP contribution in [0.25, 0.3) is 11.4 Å². The van der Waals surface area contributed by atoms with E-state index in [9.17, 15) is 18.5 Å². The number of sulfonamides is 1. The Hall–Kier alpha value is -3.31. The highest BCUT2D eigenvalue weighted by atomic mass is 32.2. The van der Waals surface area contributed by atoms with E-state index < -0.39 is 14.9 Å². The average molecular weight is 458 g/mol. The molecule has 1 aliphatic heterocycles. The molecule has 0 saturated carbocycles. The SMILES string of the molecule is Cc1ccc(S(=O)(=O)N2CCCCC2)cc1NCc1nc(-c2cccc([N+](=O)[O-])c2)no1. The van der Waals surface area contributed by atoms with E-state index in [0.717, 1.165) is 24.8 Å². The van der Waals surface area contributed by atoms with Gasteiger partial charge in [0.05, 0.1) is 16.4 Å². The molecule has 10 nitrogen and oxygen atoms in total. The number of piperidine rings is 1. The Morgan fingerprint density at radius 3 is 2.69 bits per heavy atom. The maximum atomic E-state index is 13.0. The van der Waals surface area contributed by atoms with E-state index in [4.69, 9.17) is 4.52 Å². The molecule has 0 spiro atoms. The van der Waals surface area contributed by atoms with E-state index in [-0.39, 0.29) is 28.8 Å². The number of hydrogen-bond donors (Lipinski definition) is 1. The van der Waals surface area contributed by atoms with Crippen molar-refractivity contribution >= 4 is 21.4 Å². The predicted molar refractivity (Wildman–Crippen MR) is 118 cm³/mol. The van der Waals surface area contributed by atoms with Crippen molar-refractivity contribution in [1.29, 1.82) is 0 Å². The molecule has 4 rings (SSSR count). The van der Waals surface area contributed by atoms with Crippen LogP contribution in [0.5, 0.6) is 0 Å². The fraction of sp³-hybridized carbons (Fsp3) is 0.333. The van der Waals surface area contributed by atoms with Gasteiger partial charge in [0.25, 0.3) is 5.69 Å². The first-order valence-electron chi connectivity index (χ1n) is 10.3. The van der Waals surface area contributed by atoms with Gasteiger partial charge in [-0.25, -0.2) is 8.42 Å². The number of rotatable bonds is 7. The molecule has 1 fully saturated rings. The number of aromatic nitrogens is 2. The van der Waals surface area contributed by atoms with Gasteiger partial charge in [0.15, 0.2) is 0 Å². The first-order valence-corrected chi connectivity index (χ1v) is 11.7. The smallest absolute Gasteiger partial charge is 0.270 e. The van der Waals surface area contributed by atoms with Crippen LogP contribution in [0.3, 0.4) is 0 Å². The number of nitro groups is 1. The van der Waals surface area contributed by atoms with E-state index in [1.165, 1.54) is 16.4 Å². The Bertz CT molecular complexity index is 1230. The third-order valence-electron chi connectivity index (χ3n) is 5.38. The molecule has 2 aromatic carbocycles. The van der Waals surface area contributed by atoms with Gasteiger partial charge in [-0.3, -0.25) is 10.1 Å². The number of anilines is 1. The van der Waals surface area contributed by atoms with Crippen molar-refractivity contribution in [3.05, 3.63) is 64.0 Å². The van der Waals surface area contributed by atoms with Crippen molar-refractivity contribution in [2.24, 2.45) is 0 Å². The van der Waals surface area contributed by atoms with Crippen molar-refractivity contribution in [3.8, 4) is 11.4 Å². The van der Waals surface area contributed by atoms with Crippen LogP contribution in [-0.4, -0.2) is 40.9 Å².